The Labute approximate surface area is 261 Å². The van der Waals surface area contributed by atoms with Gasteiger partial charge in [-0.1, -0.05) is 20.8 Å². The number of likely N-dealkylation sites (tertiary alicyclic amines) is 1. The summed E-state index contributed by atoms with van der Waals surface area (Å²) in [5.74, 6) is -1.57. The van der Waals surface area contributed by atoms with Crippen molar-refractivity contribution in [2.75, 3.05) is 26.0 Å². The lowest BCUT2D eigenvalue weighted by molar-refractivity contribution is -0.143. The number of ether oxygens (including phenoxy) is 1. The van der Waals surface area contributed by atoms with E-state index >= 15 is 0 Å². The molecule has 2 aromatic carbocycles. The van der Waals surface area contributed by atoms with Gasteiger partial charge in [-0.15, -0.1) is 12.4 Å². The molecule has 1 aromatic heterocycles. The second-order valence-corrected chi connectivity index (χ2v) is 11.8. The van der Waals surface area contributed by atoms with Crippen LogP contribution in [0.5, 0.6) is 5.75 Å². The summed E-state index contributed by atoms with van der Waals surface area (Å²) >= 11 is 0. The number of ketones is 1. The van der Waals surface area contributed by atoms with Crippen LogP contribution < -0.4 is 20.7 Å². The molecule has 1 saturated heterocycles. The highest BCUT2D eigenvalue weighted by Crippen LogP contribution is 2.32. The highest BCUT2D eigenvalue weighted by Gasteiger charge is 2.42. The van der Waals surface area contributed by atoms with E-state index in [4.69, 9.17) is 4.74 Å². The van der Waals surface area contributed by atoms with Crippen molar-refractivity contribution in [1.82, 2.24) is 25.5 Å². The molecule has 44 heavy (non-hydrogen) atoms. The fourth-order valence-corrected chi connectivity index (χ4v) is 5.16. The number of nitrogens with one attached hydrogen (secondary N) is 3. The number of amides is 2. The SMILES string of the molecule is CN[C@@H](C)C(=O)N[C@H](C(=O)N1CCC[C@H]1C(=O)Cc1cc2c(Nc3ccc(F)cc3F)ncnc2cc1OC)C(C)(C)C.Cl. The van der Waals surface area contributed by atoms with Crippen LogP contribution in [0, 0.1) is 17.0 Å². The Morgan fingerprint density at radius 1 is 1.14 bits per heavy atom. The minimum absolute atomic E-state index is 0. The van der Waals surface area contributed by atoms with E-state index in [1.54, 1.807) is 31.0 Å². The van der Waals surface area contributed by atoms with E-state index < -0.39 is 35.2 Å². The van der Waals surface area contributed by atoms with Gasteiger partial charge in [-0.3, -0.25) is 14.4 Å². The van der Waals surface area contributed by atoms with Crippen molar-refractivity contribution >= 4 is 52.4 Å². The molecule has 0 bridgehead atoms. The molecule has 1 aliphatic heterocycles. The summed E-state index contributed by atoms with van der Waals surface area (Å²) in [5, 5.41) is 9.14. The molecule has 0 radical (unpaired) electrons. The van der Waals surface area contributed by atoms with Crippen LogP contribution in [0.4, 0.5) is 20.3 Å². The predicted octanol–water partition coefficient (Wildman–Crippen LogP) is 4.32. The average Bonchev–Trinajstić information content (AvgIpc) is 3.46. The minimum Gasteiger partial charge on any atom is -0.496 e. The van der Waals surface area contributed by atoms with Crippen LogP contribution in [0.3, 0.4) is 0 Å². The second-order valence-electron chi connectivity index (χ2n) is 11.8. The maximum absolute atomic E-state index is 14.4. The third-order valence-electron chi connectivity index (χ3n) is 7.72. The van der Waals surface area contributed by atoms with Gasteiger partial charge in [-0.2, -0.15) is 0 Å². The number of Topliss-reactive ketones (excluding diaryl/α,β-unsaturated/α-hetero) is 1. The van der Waals surface area contributed by atoms with Gasteiger partial charge < -0.3 is 25.6 Å². The summed E-state index contributed by atoms with van der Waals surface area (Å²) in [6.07, 6.45) is 2.41. The van der Waals surface area contributed by atoms with E-state index in [-0.39, 0.29) is 47.9 Å². The van der Waals surface area contributed by atoms with E-state index in [1.165, 1.54) is 19.5 Å². The van der Waals surface area contributed by atoms with Crippen LogP contribution >= 0.6 is 12.4 Å². The van der Waals surface area contributed by atoms with Gasteiger partial charge in [0.25, 0.3) is 0 Å². The Balaban J connectivity index is 0.00000529. The summed E-state index contributed by atoms with van der Waals surface area (Å²) in [7, 11) is 3.15. The van der Waals surface area contributed by atoms with Gasteiger partial charge in [-0.25, -0.2) is 18.7 Å². The number of anilines is 2. The van der Waals surface area contributed by atoms with E-state index in [9.17, 15) is 23.2 Å². The van der Waals surface area contributed by atoms with Crippen molar-refractivity contribution in [3.8, 4) is 5.75 Å². The first-order valence-corrected chi connectivity index (χ1v) is 14.2. The Morgan fingerprint density at radius 2 is 1.86 bits per heavy atom. The van der Waals surface area contributed by atoms with Gasteiger partial charge in [0.1, 0.15) is 35.6 Å². The molecular weight excluding hydrogens is 594 g/mol. The number of rotatable bonds is 10. The van der Waals surface area contributed by atoms with Gasteiger partial charge in [-0.05, 0) is 50.4 Å². The lowest BCUT2D eigenvalue weighted by atomic mass is 9.85. The molecule has 0 saturated carbocycles. The first kappa shape index (κ1) is 34.6. The third-order valence-corrected chi connectivity index (χ3v) is 7.72. The second kappa shape index (κ2) is 14.3. The molecule has 238 valence electrons. The van der Waals surface area contributed by atoms with Crippen LogP contribution in [0.25, 0.3) is 10.9 Å². The zero-order valence-electron chi connectivity index (χ0n) is 25.7. The van der Waals surface area contributed by atoms with Gasteiger partial charge in [0, 0.05) is 36.0 Å². The minimum atomic E-state index is -0.822. The first-order chi connectivity index (χ1) is 20.3. The van der Waals surface area contributed by atoms with E-state index in [0.29, 0.717) is 41.6 Å². The molecule has 4 rings (SSSR count). The van der Waals surface area contributed by atoms with E-state index in [2.05, 4.69) is 25.9 Å². The van der Waals surface area contributed by atoms with Gasteiger partial charge in [0.2, 0.25) is 11.8 Å². The standard InChI is InChI=1S/C31H38F2N6O4.ClH/c1-17(34-5)29(41)38-27(31(2,3)4)30(42)39-11-7-8-24(39)25(40)13-18-12-20-23(15-26(18)43-6)35-16-36-28(20)37-22-10-9-19(32)14-21(22)33;/h9-10,12,14-17,24,27,34H,7-8,11,13H2,1-6H3,(H,38,41)(H,35,36,37);1H/t17-,24-,27+;/m0./s1. The van der Waals surface area contributed by atoms with Crippen molar-refractivity contribution in [1.29, 1.82) is 0 Å². The molecule has 0 unspecified atom stereocenters. The molecule has 1 aliphatic rings. The number of carbonyl (C=O) groups is 3. The Morgan fingerprint density at radius 3 is 2.50 bits per heavy atom. The lowest BCUT2D eigenvalue weighted by Gasteiger charge is -2.36. The molecule has 10 nitrogen and oxygen atoms in total. The van der Waals surface area contributed by atoms with Crippen LogP contribution in [-0.4, -0.2) is 71.3 Å². The van der Waals surface area contributed by atoms with E-state index in [1.807, 2.05) is 20.8 Å². The number of nitrogens with zero attached hydrogens (tertiary/aromatic N) is 3. The number of benzene rings is 2. The van der Waals surface area contributed by atoms with Crippen LogP contribution in [0.2, 0.25) is 0 Å². The van der Waals surface area contributed by atoms with Crippen molar-refractivity contribution in [2.24, 2.45) is 5.41 Å². The number of hydrogen-bond donors (Lipinski definition) is 3. The molecule has 2 amide bonds. The normalized spacial score (nSPS) is 16.2. The van der Waals surface area contributed by atoms with Crippen molar-refractivity contribution in [2.45, 2.75) is 65.1 Å². The average molecular weight is 633 g/mol. The number of hydrogen-bond acceptors (Lipinski definition) is 8. The van der Waals surface area contributed by atoms with Gasteiger partial charge in [0.05, 0.1) is 30.4 Å². The van der Waals surface area contributed by atoms with Crippen molar-refractivity contribution in [3.63, 3.8) is 0 Å². The van der Waals surface area contributed by atoms with E-state index in [0.717, 1.165) is 12.1 Å². The largest absolute Gasteiger partial charge is 0.496 e. The molecule has 0 spiro atoms. The molecule has 3 atom stereocenters. The smallest absolute Gasteiger partial charge is 0.246 e. The quantitative estimate of drug-likeness (QED) is 0.302. The number of methoxy groups -OCH3 is 1. The molecule has 2 heterocycles. The highest BCUT2D eigenvalue weighted by molar-refractivity contribution is 5.97. The zero-order chi connectivity index (χ0) is 31.5. The topological polar surface area (TPSA) is 126 Å². The monoisotopic (exact) mass is 632 g/mol. The number of carbonyl (C=O) groups excluding carboxylic acids is 3. The maximum Gasteiger partial charge on any atom is 0.246 e. The number of likely N-dealkylation sites (N-methyl/N-ethyl adjacent to an activating group) is 1. The molecule has 1 fully saturated rings. The molecule has 0 aliphatic carbocycles. The molecule has 3 N–H and O–H groups in total. The maximum atomic E-state index is 14.4. The summed E-state index contributed by atoms with van der Waals surface area (Å²) < 4.78 is 33.4. The van der Waals surface area contributed by atoms with Crippen LogP contribution in [0.15, 0.2) is 36.7 Å². The highest BCUT2D eigenvalue weighted by atomic mass is 35.5. The molecular formula is C31H39ClF2N6O4. The van der Waals surface area contributed by atoms with Crippen LogP contribution in [0.1, 0.15) is 46.1 Å². The predicted molar refractivity (Wildman–Crippen MR) is 166 cm³/mol. The lowest BCUT2D eigenvalue weighted by Crippen LogP contribution is -2.58. The summed E-state index contributed by atoms with van der Waals surface area (Å²) in [6.45, 7) is 7.73. The number of fused-ring (bicyclic) bond motifs is 1. The molecule has 13 heteroatoms. The molecule has 3 aromatic rings. The van der Waals surface area contributed by atoms with Crippen molar-refractivity contribution in [3.05, 3.63) is 53.9 Å². The Bertz CT molecular complexity index is 1530. The zero-order valence-corrected chi connectivity index (χ0v) is 26.5. The van der Waals surface area contributed by atoms with Crippen molar-refractivity contribution < 1.29 is 27.9 Å². The fourth-order valence-electron chi connectivity index (χ4n) is 5.16. The first-order valence-electron chi connectivity index (χ1n) is 14.2. The van der Waals surface area contributed by atoms with Crippen LogP contribution in [-0.2, 0) is 20.8 Å². The Hall–Kier alpha value is -3.90. The summed E-state index contributed by atoms with van der Waals surface area (Å²) in [4.78, 5) is 50.3. The fraction of sp³-hybridized carbons (Fsp3) is 0.452. The van der Waals surface area contributed by atoms with Gasteiger partial charge >= 0.3 is 0 Å². The number of halogens is 3. The van der Waals surface area contributed by atoms with Gasteiger partial charge in [0.15, 0.2) is 5.78 Å². The summed E-state index contributed by atoms with van der Waals surface area (Å²) in [6, 6.07) is 4.55. The third kappa shape index (κ3) is 7.59. The number of aromatic nitrogens is 2. The summed E-state index contributed by atoms with van der Waals surface area (Å²) in [5.41, 5.74) is 0.468. The Kier molecular flexibility index (Phi) is 11.2.